The van der Waals surface area contributed by atoms with Crippen LogP contribution in [0.1, 0.15) is 31.2 Å². The fourth-order valence-electron chi connectivity index (χ4n) is 3.58. The molecule has 0 bridgehead atoms. The van der Waals surface area contributed by atoms with Crippen LogP contribution >= 0.6 is 0 Å². The van der Waals surface area contributed by atoms with Gasteiger partial charge in [0.2, 0.25) is 5.91 Å². The number of rotatable bonds is 5. The molecule has 1 saturated carbocycles. The number of hydrogen-bond acceptors (Lipinski definition) is 3. The third-order valence-corrected chi connectivity index (χ3v) is 4.93. The van der Waals surface area contributed by atoms with Crippen molar-refractivity contribution in [1.29, 1.82) is 0 Å². The van der Waals surface area contributed by atoms with Gasteiger partial charge in [0.05, 0.1) is 7.11 Å². The molecule has 1 amide bonds. The Bertz CT molecular complexity index is 545. The van der Waals surface area contributed by atoms with Gasteiger partial charge in [-0.15, -0.1) is 0 Å². The number of ether oxygens (including phenoxy) is 1. The Labute approximate surface area is 131 Å². The van der Waals surface area contributed by atoms with Crippen LogP contribution in [0.5, 0.6) is 5.75 Å². The van der Waals surface area contributed by atoms with Crippen LogP contribution in [0.2, 0.25) is 0 Å². The molecule has 1 aromatic carbocycles. The fourth-order valence-corrected chi connectivity index (χ4v) is 3.58. The smallest absolute Gasteiger partial charge is 0.241 e. The van der Waals surface area contributed by atoms with E-state index in [2.05, 4.69) is 22.8 Å². The van der Waals surface area contributed by atoms with Crippen LogP contribution < -0.4 is 15.4 Å². The highest BCUT2D eigenvalue weighted by atomic mass is 16.5. The summed E-state index contributed by atoms with van der Waals surface area (Å²) in [5.74, 6) is 0.953. The van der Waals surface area contributed by atoms with E-state index in [0.29, 0.717) is 6.54 Å². The van der Waals surface area contributed by atoms with Crippen molar-refractivity contribution >= 4 is 5.91 Å². The normalized spacial score (nSPS) is 22.7. The molecule has 1 aromatic rings. The van der Waals surface area contributed by atoms with Crippen molar-refractivity contribution in [3.05, 3.63) is 42.0 Å². The summed E-state index contributed by atoms with van der Waals surface area (Å²) in [4.78, 5) is 12.2. The van der Waals surface area contributed by atoms with E-state index in [1.54, 1.807) is 7.11 Å². The number of carbonyl (C=O) groups is 1. The predicted octanol–water partition coefficient (Wildman–Crippen LogP) is 2.15. The lowest BCUT2D eigenvalue weighted by Crippen LogP contribution is -2.46. The maximum atomic E-state index is 12.2. The molecule has 1 heterocycles. The average molecular weight is 300 g/mol. The minimum Gasteiger partial charge on any atom is -0.497 e. The molecular formula is C18H24N2O2. The first-order chi connectivity index (χ1) is 10.7. The molecule has 4 heteroatoms. The summed E-state index contributed by atoms with van der Waals surface area (Å²) in [6.07, 6.45) is 8.65. The van der Waals surface area contributed by atoms with Gasteiger partial charge in [-0.3, -0.25) is 10.1 Å². The average Bonchev–Trinajstić information content (AvgIpc) is 3.25. The van der Waals surface area contributed by atoms with Crippen molar-refractivity contribution in [3.8, 4) is 5.75 Å². The third-order valence-electron chi connectivity index (χ3n) is 4.93. The maximum Gasteiger partial charge on any atom is 0.241 e. The fraction of sp³-hybridized carbons (Fsp3) is 0.500. The number of hydrogen-bond donors (Lipinski definition) is 2. The Balaban J connectivity index is 1.70. The van der Waals surface area contributed by atoms with Crippen molar-refractivity contribution in [2.24, 2.45) is 0 Å². The van der Waals surface area contributed by atoms with E-state index in [9.17, 15) is 4.79 Å². The van der Waals surface area contributed by atoms with Crippen molar-refractivity contribution < 1.29 is 9.53 Å². The molecule has 0 aromatic heterocycles. The molecule has 1 aliphatic carbocycles. The maximum absolute atomic E-state index is 12.2. The molecule has 118 valence electrons. The summed E-state index contributed by atoms with van der Waals surface area (Å²) >= 11 is 0. The molecule has 0 unspecified atom stereocenters. The van der Waals surface area contributed by atoms with Gasteiger partial charge in [0.25, 0.3) is 0 Å². The summed E-state index contributed by atoms with van der Waals surface area (Å²) < 4.78 is 5.24. The molecule has 0 spiro atoms. The van der Waals surface area contributed by atoms with Gasteiger partial charge < -0.3 is 10.1 Å². The van der Waals surface area contributed by atoms with Crippen molar-refractivity contribution in [2.75, 3.05) is 20.2 Å². The van der Waals surface area contributed by atoms with Gasteiger partial charge in [0, 0.05) is 18.5 Å². The second kappa shape index (κ2) is 6.53. The van der Waals surface area contributed by atoms with E-state index >= 15 is 0 Å². The zero-order chi connectivity index (χ0) is 15.4. The van der Waals surface area contributed by atoms with Gasteiger partial charge in [-0.25, -0.2) is 0 Å². The van der Waals surface area contributed by atoms with Crippen LogP contribution in [-0.4, -0.2) is 32.1 Å². The zero-order valence-corrected chi connectivity index (χ0v) is 13.1. The molecule has 2 aliphatic rings. The van der Waals surface area contributed by atoms with Crippen LogP contribution in [0, 0.1) is 0 Å². The Morgan fingerprint density at radius 1 is 1.32 bits per heavy atom. The Morgan fingerprint density at radius 3 is 2.64 bits per heavy atom. The quantitative estimate of drug-likeness (QED) is 0.819. The SMILES string of the molecule is COc1ccc(C2(CNC(=O)[C@H]3C=CCN3)CCCC2)cc1. The summed E-state index contributed by atoms with van der Waals surface area (Å²) in [7, 11) is 1.68. The summed E-state index contributed by atoms with van der Waals surface area (Å²) in [6.45, 7) is 1.49. The minimum atomic E-state index is -0.172. The number of carbonyl (C=O) groups excluding carboxylic acids is 1. The molecule has 22 heavy (non-hydrogen) atoms. The zero-order valence-electron chi connectivity index (χ0n) is 13.1. The lowest BCUT2D eigenvalue weighted by Gasteiger charge is -2.30. The highest BCUT2D eigenvalue weighted by Crippen LogP contribution is 2.41. The van der Waals surface area contributed by atoms with Gasteiger partial charge in [-0.05, 0) is 30.5 Å². The van der Waals surface area contributed by atoms with E-state index in [1.807, 2.05) is 24.3 Å². The number of amides is 1. The van der Waals surface area contributed by atoms with E-state index in [4.69, 9.17) is 4.74 Å². The van der Waals surface area contributed by atoms with Gasteiger partial charge >= 0.3 is 0 Å². The molecule has 0 saturated heterocycles. The molecular weight excluding hydrogens is 276 g/mol. The second-order valence-electron chi connectivity index (χ2n) is 6.25. The lowest BCUT2D eigenvalue weighted by molar-refractivity contribution is -0.122. The standard InChI is InChI=1S/C18H24N2O2/c1-22-15-8-6-14(7-9-15)18(10-2-3-11-18)13-20-17(21)16-5-4-12-19-16/h4-9,16,19H,2-3,10-13H2,1H3,(H,20,21)/t16-/m1/s1. The molecule has 1 aliphatic heterocycles. The molecule has 2 N–H and O–H groups in total. The molecule has 3 rings (SSSR count). The Kier molecular flexibility index (Phi) is 4.48. The van der Waals surface area contributed by atoms with Gasteiger partial charge in [0.1, 0.15) is 11.8 Å². The van der Waals surface area contributed by atoms with Crippen molar-refractivity contribution in [1.82, 2.24) is 10.6 Å². The van der Waals surface area contributed by atoms with Gasteiger partial charge in [-0.1, -0.05) is 37.1 Å². The summed E-state index contributed by atoms with van der Waals surface area (Å²) in [6, 6.07) is 8.14. The summed E-state index contributed by atoms with van der Waals surface area (Å²) in [5, 5.41) is 6.31. The second-order valence-corrected chi connectivity index (χ2v) is 6.25. The van der Waals surface area contributed by atoms with Gasteiger partial charge in [0.15, 0.2) is 0 Å². The van der Waals surface area contributed by atoms with Crippen LogP contribution in [0.25, 0.3) is 0 Å². The first kappa shape index (κ1) is 15.1. The molecule has 0 radical (unpaired) electrons. The highest BCUT2D eigenvalue weighted by molar-refractivity contribution is 5.84. The van der Waals surface area contributed by atoms with Crippen LogP contribution in [0.15, 0.2) is 36.4 Å². The first-order valence-electron chi connectivity index (χ1n) is 8.06. The monoisotopic (exact) mass is 300 g/mol. The van der Waals surface area contributed by atoms with E-state index in [-0.39, 0.29) is 17.4 Å². The van der Waals surface area contributed by atoms with Crippen molar-refractivity contribution in [2.45, 2.75) is 37.1 Å². The molecule has 1 atom stereocenters. The first-order valence-corrected chi connectivity index (χ1v) is 8.06. The number of methoxy groups -OCH3 is 1. The molecule has 4 nitrogen and oxygen atoms in total. The van der Waals surface area contributed by atoms with Crippen LogP contribution in [0.4, 0.5) is 0 Å². The van der Waals surface area contributed by atoms with E-state index in [1.165, 1.54) is 18.4 Å². The van der Waals surface area contributed by atoms with E-state index in [0.717, 1.165) is 25.1 Å². The minimum absolute atomic E-state index is 0.0737. The molecule has 1 fully saturated rings. The summed E-state index contributed by atoms with van der Waals surface area (Å²) in [5.41, 5.74) is 1.38. The van der Waals surface area contributed by atoms with Crippen LogP contribution in [-0.2, 0) is 10.2 Å². The topological polar surface area (TPSA) is 50.4 Å². The largest absolute Gasteiger partial charge is 0.497 e. The van der Waals surface area contributed by atoms with Crippen molar-refractivity contribution in [3.63, 3.8) is 0 Å². The van der Waals surface area contributed by atoms with E-state index < -0.39 is 0 Å². The lowest BCUT2D eigenvalue weighted by atomic mass is 9.78. The highest BCUT2D eigenvalue weighted by Gasteiger charge is 2.36. The third kappa shape index (κ3) is 3.02. The number of nitrogens with one attached hydrogen (secondary N) is 2. The van der Waals surface area contributed by atoms with Crippen LogP contribution in [0.3, 0.4) is 0 Å². The Morgan fingerprint density at radius 2 is 2.05 bits per heavy atom. The Hall–Kier alpha value is -1.81. The number of benzene rings is 1. The van der Waals surface area contributed by atoms with Gasteiger partial charge in [-0.2, -0.15) is 0 Å². The predicted molar refractivity (Wildman–Crippen MR) is 87.1 cm³/mol.